The van der Waals surface area contributed by atoms with Gasteiger partial charge in [0.15, 0.2) is 0 Å². The Morgan fingerprint density at radius 3 is 2.59 bits per heavy atom. The number of aromatic nitrogens is 2. The standard InChI is InChI=1S/C14H25N3/c1-17-12-13(11-16-17)9-10-15-14-7-5-3-2-4-6-8-14/h11-12,14-15H,2-10H2,1H3. The van der Waals surface area contributed by atoms with Crippen LogP contribution in [-0.4, -0.2) is 22.4 Å². The van der Waals surface area contributed by atoms with E-state index in [1.54, 1.807) is 0 Å². The first kappa shape index (κ1) is 12.6. The van der Waals surface area contributed by atoms with Crippen molar-refractivity contribution in [2.75, 3.05) is 6.54 Å². The Hall–Kier alpha value is -0.830. The second kappa shape index (κ2) is 6.80. The fourth-order valence-corrected chi connectivity index (χ4v) is 2.68. The fourth-order valence-electron chi connectivity index (χ4n) is 2.68. The van der Waals surface area contributed by atoms with Crippen molar-refractivity contribution in [2.45, 2.75) is 57.4 Å². The van der Waals surface area contributed by atoms with E-state index in [2.05, 4.69) is 16.6 Å². The van der Waals surface area contributed by atoms with Gasteiger partial charge >= 0.3 is 0 Å². The van der Waals surface area contributed by atoms with Crippen LogP contribution in [0.1, 0.15) is 50.5 Å². The van der Waals surface area contributed by atoms with E-state index in [0.717, 1.165) is 19.0 Å². The molecule has 3 heteroatoms. The summed E-state index contributed by atoms with van der Waals surface area (Å²) in [4.78, 5) is 0. The van der Waals surface area contributed by atoms with Crippen molar-refractivity contribution in [1.29, 1.82) is 0 Å². The molecule has 3 nitrogen and oxygen atoms in total. The van der Waals surface area contributed by atoms with Gasteiger partial charge in [0, 0.05) is 19.3 Å². The van der Waals surface area contributed by atoms with Crippen LogP contribution in [0.3, 0.4) is 0 Å². The van der Waals surface area contributed by atoms with Crippen molar-refractivity contribution < 1.29 is 0 Å². The van der Waals surface area contributed by atoms with Crippen LogP contribution in [0.25, 0.3) is 0 Å². The van der Waals surface area contributed by atoms with Gasteiger partial charge < -0.3 is 5.32 Å². The van der Waals surface area contributed by atoms with Crippen molar-refractivity contribution in [1.82, 2.24) is 15.1 Å². The zero-order chi connectivity index (χ0) is 11.9. The van der Waals surface area contributed by atoms with Crippen molar-refractivity contribution in [3.63, 3.8) is 0 Å². The molecule has 0 aliphatic heterocycles. The molecule has 1 aliphatic carbocycles. The van der Waals surface area contributed by atoms with Crippen LogP contribution in [-0.2, 0) is 13.5 Å². The molecule has 0 aromatic carbocycles. The van der Waals surface area contributed by atoms with Crippen molar-refractivity contribution in [3.05, 3.63) is 18.0 Å². The highest BCUT2D eigenvalue weighted by Gasteiger charge is 2.10. The normalized spacial score (nSPS) is 18.9. The maximum Gasteiger partial charge on any atom is 0.0522 e. The van der Waals surface area contributed by atoms with Gasteiger partial charge in [-0.15, -0.1) is 0 Å². The van der Waals surface area contributed by atoms with E-state index in [1.165, 1.54) is 50.5 Å². The Bertz CT molecular complexity index is 311. The summed E-state index contributed by atoms with van der Waals surface area (Å²) in [5.41, 5.74) is 1.34. The lowest BCUT2D eigenvalue weighted by Gasteiger charge is -2.20. The van der Waals surface area contributed by atoms with Gasteiger partial charge in [0.25, 0.3) is 0 Å². The van der Waals surface area contributed by atoms with E-state index in [-0.39, 0.29) is 0 Å². The molecular formula is C14H25N3. The summed E-state index contributed by atoms with van der Waals surface area (Å²) in [6.45, 7) is 1.09. The smallest absolute Gasteiger partial charge is 0.0522 e. The number of nitrogens with zero attached hydrogens (tertiary/aromatic N) is 2. The van der Waals surface area contributed by atoms with Crippen LogP contribution >= 0.6 is 0 Å². The van der Waals surface area contributed by atoms with Gasteiger partial charge in [0.1, 0.15) is 0 Å². The molecular weight excluding hydrogens is 210 g/mol. The van der Waals surface area contributed by atoms with Gasteiger partial charge in [-0.2, -0.15) is 5.10 Å². The molecule has 0 atom stereocenters. The molecule has 1 fully saturated rings. The van der Waals surface area contributed by atoms with E-state index in [0.29, 0.717) is 0 Å². The predicted molar refractivity (Wildman–Crippen MR) is 71.0 cm³/mol. The minimum atomic E-state index is 0.756. The molecule has 1 saturated carbocycles. The van der Waals surface area contributed by atoms with Gasteiger partial charge in [-0.25, -0.2) is 0 Å². The van der Waals surface area contributed by atoms with Gasteiger partial charge in [-0.05, 0) is 31.4 Å². The highest BCUT2D eigenvalue weighted by molar-refractivity contribution is 5.03. The quantitative estimate of drug-likeness (QED) is 0.869. The van der Waals surface area contributed by atoms with Gasteiger partial charge in [0.05, 0.1) is 6.20 Å². The first-order valence-corrected chi connectivity index (χ1v) is 7.05. The highest BCUT2D eigenvalue weighted by atomic mass is 15.2. The van der Waals surface area contributed by atoms with Crippen molar-refractivity contribution in [3.8, 4) is 0 Å². The number of hydrogen-bond acceptors (Lipinski definition) is 2. The highest BCUT2D eigenvalue weighted by Crippen LogP contribution is 2.16. The maximum absolute atomic E-state index is 4.20. The Morgan fingerprint density at radius 2 is 1.94 bits per heavy atom. The Labute approximate surface area is 105 Å². The van der Waals surface area contributed by atoms with Crippen LogP contribution in [0.2, 0.25) is 0 Å². The lowest BCUT2D eigenvalue weighted by Crippen LogP contribution is -2.31. The van der Waals surface area contributed by atoms with Gasteiger partial charge in [-0.1, -0.05) is 32.1 Å². The first-order valence-electron chi connectivity index (χ1n) is 7.05. The van der Waals surface area contributed by atoms with Crippen LogP contribution in [0.4, 0.5) is 0 Å². The molecule has 1 heterocycles. The molecule has 1 aromatic rings. The molecule has 96 valence electrons. The van der Waals surface area contributed by atoms with Crippen LogP contribution in [0.5, 0.6) is 0 Å². The molecule has 2 rings (SSSR count). The Morgan fingerprint density at radius 1 is 1.24 bits per heavy atom. The summed E-state index contributed by atoms with van der Waals surface area (Å²) in [6.07, 6.45) is 15.0. The molecule has 0 saturated heterocycles. The lowest BCUT2D eigenvalue weighted by molar-refractivity contribution is 0.392. The molecule has 1 N–H and O–H groups in total. The second-order valence-electron chi connectivity index (χ2n) is 5.27. The third-order valence-corrected chi connectivity index (χ3v) is 3.71. The zero-order valence-corrected chi connectivity index (χ0v) is 11.0. The van der Waals surface area contributed by atoms with E-state index >= 15 is 0 Å². The molecule has 0 radical (unpaired) electrons. The average Bonchev–Trinajstić information content (AvgIpc) is 2.67. The second-order valence-corrected chi connectivity index (χ2v) is 5.27. The topological polar surface area (TPSA) is 29.9 Å². The van der Waals surface area contributed by atoms with E-state index < -0.39 is 0 Å². The summed E-state index contributed by atoms with van der Waals surface area (Å²) in [5.74, 6) is 0. The number of rotatable bonds is 4. The fraction of sp³-hybridized carbons (Fsp3) is 0.786. The summed E-state index contributed by atoms with van der Waals surface area (Å²) in [7, 11) is 1.98. The molecule has 1 aromatic heterocycles. The molecule has 1 aliphatic rings. The molecule has 17 heavy (non-hydrogen) atoms. The third-order valence-electron chi connectivity index (χ3n) is 3.71. The van der Waals surface area contributed by atoms with Crippen LogP contribution in [0.15, 0.2) is 12.4 Å². The number of hydrogen-bond donors (Lipinski definition) is 1. The van der Waals surface area contributed by atoms with Gasteiger partial charge in [0.2, 0.25) is 0 Å². The minimum absolute atomic E-state index is 0.756. The van der Waals surface area contributed by atoms with Gasteiger partial charge in [-0.3, -0.25) is 4.68 Å². The summed E-state index contributed by atoms with van der Waals surface area (Å²) >= 11 is 0. The number of aryl methyl sites for hydroxylation is 1. The van der Waals surface area contributed by atoms with Crippen LogP contribution < -0.4 is 5.32 Å². The average molecular weight is 235 g/mol. The third kappa shape index (κ3) is 4.50. The largest absolute Gasteiger partial charge is 0.314 e. The maximum atomic E-state index is 4.20. The van der Waals surface area contributed by atoms with E-state index in [9.17, 15) is 0 Å². The predicted octanol–water partition coefficient (Wildman–Crippen LogP) is 2.67. The summed E-state index contributed by atoms with van der Waals surface area (Å²) < 4.78 is 1.88. The van der Waals surface area contributed by atoms with Crippen molar-refractivity contribution >= 4 is 0 Å². The first-order chi connectivity index (χ1) is 8.34. The molecule has 0 unspecified atom stereocenters. The SMILES string of the molecule is Cn1cc(CCNC2CCCCCCC2)cn1. The van der Waals surface area contributed by atoms with Crippen LogP contribution in [0, 0.1) is 0 Å². The van der Waals surface area contributed by atoms with E-state index in [1.807, 2.05) is 17.9 Å². The zero-order valence-electron chi connectivity index (χ0n) is 11.0. The van der Waals surface area contributed by atoms with E-state index in [4.69, 9.17) is 0 Å². The molecule has 0 spiro atoms. The summed E-state index contributed by atoms with van der Waals surface area (Å²) in [6, 6.07) is 0.756. The monoisotopic (exact) mass is 235 g/mol. The molecule has 0 bridgehead atoms. The lowest BCUT2D eigenvalue weighted by atomic mass is 9.96. The minimum Gasteiger partial charge on any atom is -0.314 e. The number of nitrogens with one attached hydrogen (secondary N) is 1. The van der Waals surface area contributed by atoms with Crippen molar-refractivity contribution in [2.24, 2.45) is 7.05 Å². The Balaban J connectivity index is 1.66. The molecule has 0 amide bonds. The Kier molecular flexibility index (Phi) is 5.05. The summed E-state index contributed by atoms with van der Waals surface area (Å²) in [5, 5.41) is 7.91.